The first kappa shape index (κ1) is 16.7. The smallest absolute Gasteiger partial charge is 0.0502 e. The molecule has 0 bridgehead atoms. The van der Waals surface area contributed by atoms with Crippen molar-refractivity contribution in [1.29, 1.82) is 0 Å². The normalized spacial score (nSPS) is 10.4. The van der Waals surface area contributed by atoms with E-state index in [0.29, 0.717) is 5.69 Å². The molecule has 0 aromatic heterocycles. The Morgan fingerprint density at radius 3 is 1.59 bits per heavy atom. The zero-order valence-corrected chi connectivity index (χ0v) is 14.9. The van der Waals surface area contributed by atoms with Crippen LogP contribution in [0, 0.1) is 0 Å². The van der Waals surface area contributed by atoms with E-state index in [4.69, 9.17) is 5.73 Å². The second-order valence-corrected chi connectivity index (χ2v) is 6.31. The van der Waals surface area contributed by atoms with Gasteiger partial charge in [0.2, 0.25) is 0 Å². The van der Waals surface area contributed by atoms with Crippen molar-refractivity contribution in [2.75, 3.05) is 16.0 Å². The molecule has 0 spiro atoms. The number of nitrogens with one attached hydrogen (secondary N) is 1. The van der Waals surface area contributed by atoms with Crippen LogP contribution < -0.4 is 16.0 Å². The molecule has 3 nitrogen and oxygen atoms in total. The average molecular weight is 351 g/mol. The monoisotopic (exact) mass is 351 g/mol. The summed E-state index contributed by atoms with van der Waals surface area (Å²) in [6.07, 6.45) is 0. The van der Waals surface area contributed by atoms with E-state index in [-0.39, 0.29) is 0 Å². The second-order valence-electron chi connectivity index (χ2n) is 6.31. The summed E-state index contributed by atoms with van der Waals surface area (Å²) in [5.74, 6) is 0. The summed E-state index contributed by atoms with van der Waals surface area (Å²) in [7, 11) is 0. The Labute approximate surface area is 159 Å². The lowest BCUT2D eigenvalue weighted by Crippen LogP contribution is -2.10. The molecule has 4 rings (SSSR count). The predicted molar refractivity (Wildman–Crippen MR) is 115 cm³/mol. The van der Waals surface area contributed by atoms with Crippen LogP contribution in [0.5, 0.6) is 0 Å². The highest BCUT2D eigenvalue weighted by Crippen LogP contribution is 2.37. The van der Waals surface area contributed by atoms with Gasteiger partial charge in [-0.05, 0) is 54.6 Å². The number of nitrogens with two attached hydrogens (primary N) is 1. The molecule has 0 amide bonds. The molecule has 3 heteroatoms. The third-order valence-electron chi connectivity index (χ3n) is 4.29. The van der Waals surface area contributed by atoms with Crippen molar-refractivity contribution in [2.45, 2.75) is 0 Å². The van der Waals surface area contributed by atoms with E-state index in [1.165, 1.54) is 0 Å². The van der Waals surface area contributed by atoms with Gasteiger partial charge in [-0.25, -0.2) is 0 Å². The fourth-order valence-corrected chi connectivity index (χ4v) is 3.13. The molecular weight excluding hydrogens is 330 g/mol. The highest BCUT2D eigenvalue weighted by Gasteiger charge is 2.13. The molecule has 3 N–H and O–H groups in total. The van der Waals surface area contributed by atoms with Gasteiger partial charge >= 0.3 is 0 Å². The van der Waals surface area contributed by atoms with Crippen LogP contribution in [0.2, 0.25) is 0 Å². The van der Waals surface area contributed by atoms with E-state index in [9.17, 15) is 0 Å². The first-order valence-corrected chi connectivity index (χ1v) is 8.92. The van der Waals surface area contributed by atoms with E-state index in [2.05, 4.69) is 40.5 Å². The number of para-hydroxylation sites is 3. The van der Waals surface area contributed by atoms with Gasteiger partial charge in [0, 0.05) is 28.4 Å². The van der Waals surface area contributed by atoms with Crippen LogP contribution in [0.15, 0.2) is 109 Å². The van der Waals surface area contributed by atoms with Crippen molar-refractivity contribution in [3.05, 3.63) is 109 Å². The molecule has 4 aromatic rings. The van der Waals surface area contributed by atoms with E-state index >= 15 is 0 Å². The van der Waals surface area contributed by atoms with E-state index in [0.717, 1.165) is 28.4 Å². The summed E-state index contributed by atoms with van der Waals surface area (Å²) in [5, 5.41) is 3.44. The molecule has 4 aromatic carbocycles. The Hall–Kier alpha value is -3.72. The van der Waals surface area contributed by atoms with E-state index in [1.54, 1.807) is 0 Å². The summed E-state index contributed by atoms with van der Waals surface area (Å²) >= 11 is 0. The molecule has 0 radical (unpaired) electrons. The van der Waals surface area contributed by atoms with Crippen molar-refractivity contribution in [1.82, 2.24) is 0 Å². The van der Waals surface area contributed by atoms with Gasteiger partial charge in [-0.1, -0.05) is 54.6 Å². The maximum absolute atomic E-state index is 6.24. The largest absolute Gasteiger partial charge is 0.399 e. The molecule has 0 aliphatic rings. The fourth-order valence-electron chi connectivity index (χ4n) is 3.13. The number of hydrogen-bond donors (Lipinski definition) is 2. The van der Waals surface area contributed by atoms with Crippen molar-refractivity contribution in [2.24, 2.45) is 0 Å². The first-order valence-electron chi connectivity index (χ1n) is 8.92. The summed E-state index contributed by atoms with van der Waals surface area (Å²) in [6.45, 7) is 0. The molecule has 27 heavy (non-hydrogen) atoms. The van der Waals surface area contributed by atoms with Gasteiger partial charge in [0.15, 0.2) is 0 Å². The molecule has 0 fully saturated rings. The van der Waals surface area contributed by atoms with Gasteiger partial charge in [0.1, 0.15) is 0 Å². The molecule has 0 aliphatic carbocycles. The van der Waals surface area contributed by atoms with Crippen LogP contribution in [0.4, 0.5) is 34.1 Å². The van der Waals surface area contributed by atoms with Gasteiger partial charge < -0.3 is 16.0 Å². The number of nitrogen functional groups attached to an aromatic ring is 1. The Morgan fingerprint density at radius 1 is 0.519 bits per heavy atom. The molecule has 132 valence electrons. The molecule has 0 atom stereocenters. The minimum atomic E-state index is 0.711. The van der Waals surface area contributed by atoms with Crippen LogP contribution in [-0.2, 0) is 0 Å². The second kappa shape index (κ2) is 7.67. The highest BCUT2D eigenvalue weighted by molar-refractivity contribution is 5.81. The number of hydrogen-bond acceptors (Lipinski definition) is 3. The molecule has 0 saturated carbocycles. The van der Waals surface area contributed by atoms with Crippen LogP contribution in [-0.4, -0.2) is 0 Å². The fraction of sp³-hybridized carbons (Fsp3) is 0. The third-order valence-corrected chi connectivity index (χ3v) is 4.29. The summed E-state index contributed by atoms with van der Waals surface area (Å²) in [6, 6.07) is 36.8. The Bertz CT molecular complexity index is 960. The topological polar surface area (TPSA) is 41.3 Å². The summed E-state index contributed by atoms with van der Waals surface area (Å²) in [4.78, 5) is 2.20. The zero-order chi connectivity index (χ0) is 18.5. The van der Waals surface area contributed by atoms with Crippen molar-refractivity contribution in [3.8, 4) is 0 Å². The van der Waals surface area contributed by atoms with E-state index < -0.39 is 0 Å². The summed E-state index contributed by atoms with van der Waals surface area (Å²) < 4.78 is 0. The number of nitrogens with zero attached hydrogens (tertiary/aromatic N) is 1. The Balaban J connectivity index is 1.78. The van der Waals surface area contributed by atoms with Crippen LogP contribution in [0.3, 0.4) is 0 Å². The van der Waals surface area contributed by atoms with Gasteiger partial charge in [-0.15, -0.1) is 0 Å². The average Bonchev–Trinajstić information content (AvgIpc) is 2.70. The van der Waals surface area contributed by atoms with Crippen LogP contribution >= 0.6 is 0 Å². The lowest BCUT2D eigenvalue weighted by Gasteiger charge is -2.26. The maximum atomic E-state index is 6.24. The standard InChI is InChI=1S/C24H21N3/c25-19-16-21(26-20-10-4-1-5-11-20)18-24(17-19)27(22-12-6-2-7-13-22)23-14-8-3-9-15-23/h1-18,26H,25H2. The van der Waals surface area contributed by atoms with Gasteiger partial charge in [-0.3, -0.25) is 0 Å². The number of rotatable bonds is 5. The quantitative estimate of drug-likeness (QED) is 0.404. The van der Waals surface area contributed by atoms with Crippen LogP contribution in [0.1, 0.15) is 0 Å². The highest BCUT2D eigenvalue weighted by atomic mass is 15.1. The molecule has 0 saturated heterocycles. The van der Waals surface area contributed by atoms with E-state index in [1.807, 2.05) is 78.9 Å². The minimum Gasteiger partial charge on any atom is -0.399 e. The predicted octanol–water partition coefficient (Wildman–Crippen LogP) is 6.48. The maximum Gasteiger partial charge on any atom is 0.0502 e. The lowest BCUT2D eigenvalue weighted by atomic mass is 10.1. The summed E-state index contributed by atoms with van der Waals surface area (Å²) in [5.41, 5.74) is 12.1. The molecule has 0 aliphatic heterocycles. The number of anilines is 6. The number of benzene rings is 4. The lowest BCUT2D eigenvalue weighted by molar-refractivity contribution is 1.28. The van der Waals surface area contributed by atoms with Gasteiger partial charge in [0.25, 0.3) is 0 Å². The minimum absolute atomic E-state index is 0.711. The SMILES string of the molecule is Nc1cc(Nc2ccccc2)cc(N(c2ccccc2)c2ccccc2)c1. The van der Waals surface area contributed by atoms with Crippen LogP contribution in [0.25, 0.3) is 0 Å². The molecule has 0 unspecified atom stereocenters. The van der Waals surface area contributed by atoms with Gasteiger partial charge in [-0.2, -0.15) is 0 Å². The van der Waals surface area contributed by atoms with Crippen molar-refractivity contribution < 1.29 is 0 Å². The van der Waals surface area contributed by atoms with Crippen molar-refractivity contribution in [3.63, 3.8) is 0 Å². The molecular formula is C24H21N3. The third kappa shape index (κ3) is 3.93. The molecule has 0 heterocycles. The Kier molecular flexibility index (Phi) is 4.75. The Morgan fingerprint density at radius 2 is 1.04 bits per heavy atom. The zero-order valence-electron chi connectivity index (χ0n) is 14.9. The van der Waals surface area contributed by atoms with Gasteiger partial charge in [0.05, 0.1) is 5.69 Å². The van der Waals surface area contributed by atoms with Crippen molar-refractivity contribution >= 4 is 34.1 Å². The first-order chi connectivity index (χ1) is 13.3.